The topological polar surface area (TPSA) is 86.7 Å². The van der Waals surface area contributed by atoms with E-state index < -0.39 is 21.7 Å². The molecule has 0 aromatic rings. The number of carboxylic acids is 1. The fourth-order valence-corrected chi connectivity index (χ4v) is 5.01. The average molecular weight is 318 g/mol. The predicted octanol–water partition coefficient (Wildman–Crippen LogP) is 1.73. The Kier molecular flexibility index (Phi) is 5.27. The summed E-state index contributed by atoms with van der Waals surface area (Å²) in [7, 11) is -3.71. The Morgan fingerprint density at radius 1 is 1.24 bits per heavy atom. The van der Waals surface area contributed by atoms with Crippen molar-refractivity contribution >= 4 is 16.2 Å². The van der Waals surface area contributed by atoms with E-state index in [4.69, 9.17) is 0 Å². The van der Waals surface area contributed by atoms with Gasteiger partial charge in [-0.25, -0.2) is 0 Å². The number of aliphatic carboxylic acids is 1. The quantitative estimate of drug-likeness (QED) is 0.808. The second kappa shape index (κ2) is 6.62. The van der Waals surface area contributed by atoms with Gasteiger partial charge in [-0.05, 0) is 44.4 Å². The Bertz CT molecular complexity index is 463. The molecule has 0 aromatic carbocycles. The largest absolute Gasteiger partial charge is 0.480 e. The highest BCUT2D eigenvalue weighted by Gasteiger charge is 2.45. The van der Waals surface area contributed by atoms with E-state index in [1.807, 2.05) is 0 Å². The fraction of sp³-hybridized carbons (Fsp3) is 0.929. The van der Waals surface area contributed by atoms with Crippen LogP contribution in [0, 0.1) is 5.92 Å². The van der Waals surface area contributed by atoms with Crippen molar-refractivity contribution in [2.24, 2.45) is 5.92 Å². The first-order valence-electron chi connectivity index (χ1n) is 7.92. The monoisotopic (exact) mass is 318 g/mol. The molecule has 1 heterocycles. The van der Waals surface area contributed by atoms with Gasteiger partial charge in [0.15, 0.2) is 0 Å². The Hall–Kier alpha value is -0.660. The van der Waals surface area contributed by atoms with E-state index >= 15 is 0 Å². The van der Waals surface area contributed by atoms with Gasteiger partial charge in [0, 0.05) is 13.1 Å². The summed E-state index contributed by atoms with van der Waals surface area (Å²) in [6.45, 7) is 3.07. The maximum Gasteiger partial charge on any atom is 0.324 e. The molecule has 1 aliphatic carbocycles. The first-order chi connectivity index (χ1) is 9.89. The maximum atomic E-state index is 12.5. The normalized spacial score (nSPS) is 32.0. The minimum Gasteiger partial charge on any atom is -0.480 e. The standard InChI is InChI=1S/C14H26N2O4S/c1-2-12-6-8-14(9-7-12,13(17)18)15-21(19,20)16-10-4-3-5-11-16/h12,15H,2-11H2,1H3,(H,17,18). The molecule has 6 nitrogen and oxygen atoms in total. The highest BCUT2D eigenvalue weighted by Crippen LogP contribution is 2.35. The van der Waals surface area contributed by atoms with Crippen molar-refractivity contribution in [1.29, 1.82) is 0 Å². The van der Waals surface area contributed by atoms with Gasteiger partial charge in [0.25, 0.3) is 10.2 Å². The van der Waals surface area contributed by atoms with Crippen LogP contribution in [-0.2, 0) is 15.0 Å². The van der Waals surface area contributed by atoms with Crippen LogP contribution in [0.1, 0.15) is 58.3 Å². The number of hydrogen-bond acceptors (Lipinski definition) is 3. The third-order valence-electron chi connectivity index (χ3n) is 4.92. The predicted molar refractivity (Wildman–Crippen MR) is 80.1 cm³/mol. The number of nitrogens with one attached hydrogen (secondary N) is 1. The second-order valence-corrected chi connectivity index (χ2v) is 7.98. The number of carbonyl (C=O) groups is 1. The van der Waals surface area contributed by atoms with Crippen LogP contribution in [-0.4, -0.2) is 42.4 Å². The van der Waals surface area contributed by atoms with Gasteiger partial charge in [-0.1, -0.05) is 19.8 Å². The molecule has 122 valence electrons. The third-order valence-corrected chi connectivity index (χ3v) is 6.62. The van der Waals surface area contributed by atoms with E-state index in [0.717, 1.165) is 38.5 Å². The SMILES string of the molecule is CCC1CCC(NS(=O)(=O)N2CCCCC2)(C(=O)O)CC1. The Morgan fingerprint density at radius 3 is 2.29 bits per heavy atom. The Balaban J connectivity index is 2.11. The van der Waals surface area contributed by atoms with E-state index in [1.165, 1.54) is 4.31 Å². The van der Waals surface area contributed by atoms with E-state index in [0.29, 0.717) is 31.8 Å². The molecular formula is C14H26N2O4S. The molecule has 0 spiro atoms. The molecule has 21 heavy (non-hydrogen) atoms. The first kappa shape index (κ1) is 16.7. The van der Waals surface area contributed by atoms with Crippen LogP contribution in [0.3, 0.4) is 0 Å². The lowest BCUT2D eigenvalue weighted by molar-refractivity contribution is -0.145. The zero-order chi connectivity index (χ0) is 15.5. The lowest BCUT2D eigenvalue weighted by Crippen LogP contribution is -2.59. The molecule has 0 aromatic heterocycles. The number of nitrogens with zero attached hydrogens (tertiary/aromatic N) is 1. The van der Waals surface area contributed by atoms with Crippen LogP contribution in [0.15, 0.2) is 0 Å². The summed E-state index contributed by atoms with van der Waals surface area (Å²) in [4.78, 5) is 11.7. The Labute approximate surface area is 127 Å². The number of piperidine rings is 1. The van der Waals surface area contributed by atoms with Crippen molar-refractivity contribution in [1.82, 2.24) is 9.03 Å². The van der Waals surface area contributed by atoms with Gasteiger partial charge in [0.1, 0.15) is 5.54 Å². The molecule has 1 saturated carbocycles. The molecule has 2 fully saturated rings. The summed E-state index contributed by atoms with van der Waals surface area (Å²) < 4.78 is 28.8. The van der Waals surface area contributed by atoms with Gasteiger partial charge in [-0.3, -0.25) is 4.79 Å². The van der Waals surface area contributed by atoms with Crippen LogP contribution in [0.25, 0.3) is 0 Å². The number of hydrogen-bond donors (Lipinski definition) is 2. The zero-order valence-electron chi connectivity index (χ0n) is 12.7. The van der Waals surface area contributed by atoms with E-state index in [9.17, 15) is 18.3 Å². The van der Waals surface area contributed by atoms with Gasteiger partial charge < -0.3 is 5.11 Å². The number of rotatable bonds is 5. The van der Waals surface area contributed by atoms with Gasteiger partial charge in [0.2, 0.25) is 0 Å². The van der Waals surface area contributed by atoms with Crippen molar-refractivity contribution in [3.8, 4) is 0 Å². The molecular weight excluding hydrogens is 292 g/mol. The highest BCUT2D eigenvalue weighted by atomic mass is 32.2. The zero-order valence-corrected chi connectivity index (χ0v) is 13.5. The van der Waals surface area contributed by atoms with E-state index in [-0.39, 0.29) is 0 Å². The highest BCUT2D eigenvalue weighted by molar-refractivity contribution is 7.87. The molecule has 2 N–H and O–H groups in total. The van der Waals surface area contributed by atoms with Crippen LogP contribution in [0.2, 0.25) is 0 Å². The van der Waals surface area contributed by atoms with Crippen LogP contribution < -0.4 is 4.72 Å². The van der Waals surface area contributed by atoms with Gasteiger partial charge in [-0.2, -0.15) is 17.4 Å². The lowest BCUT2D eigenvalue weighted by Gasteiger charge is -2.38. The molecule has 0 unspecified atom stereocenters. The molecule has 0 bridgehead atoms. The van der Waals surface area contributed by atoms with Gasteiger partial charge in [0.05, 0.1) is 0 Å². The molecule has 0 radical (unpaired) electrons. The van der Waals surface area contributed by atoms with E-state index in [2.05, 4.69) is 11.6 Å². The average Bonchev–Trinajstić information content (AvgIpc) is 2.48. The van der Waals surface area contributed by atoms with Crippen LogP contribution >= 0.6 is 0 Å². The molecule has 2 aliphatic rings. The molecule has 7 heteroatoms. The van der Waals surface area contributed by atoms with E-state index in [1.54, 1.807) is 0 Å². The van der Waals surface area contributed by atoms with Crippen LogP contribution in [0.5, 0.6) is 0 Å². The molecule has 0 amide bonds. The molecule has 1 saturated heterocycles. The van der Waals surface area contributed by atoms with Gasteiger partial charge in [-0.15, -0.1) is 0 Å². The number of carboxylic acid groups (broad SMARTS) is 1. The van der Waals surface area contributed by atoms with Crippen molar-refractivity contribution < 1.29 is 18.3 Å². The van der Waals surface area contributed by atoms with Crippen LogP contribution in [0.4, 0.5) is 0 Å². The minimum atomic E-state index is -3.71. The second-order valence-electron chi connectivity index (χ2n) is 6.31. The summed E-state index contributed by atoms with van der Waals surface area (Å²) in [5.74, 6) is -0.533. The molecule has 1 aliphatic heterocycles. The fourth-order valence-electron chi connectivity index (χ4n) is 3.35. The summed E-state index contributed by atoms with van der Waals surface area (Å²) in [6.07, 6.45) is 6.05. The summed E-state index contributed by atoms with van der Waals surface area (Å²) >= 11 is 0. The lowest BCUT2D eigenvalue weighted by atomic mass is 9.76. The Morgan fingerprint density at radius 2 is 1.81 bits per heavy atom. The maximum absolute atomic E-state index is 12.5. The summed E-state index contributed by atoms with van der Waals surface area (Å²) in [6, 6.07) is 0. The van der Waals surface area contributed by atoms with Crippen molar-refractivity contribution in [2.45, 2.75) is 63.8 Å². The summed E-state index contributed by atoms with van der Waals surface area (Å²) in [5.41, 5.74) is -1.32. The van der Waals surface area contributed by atoms with Crippen molar-refractivity contribution in [3.63, 3.8) is 0 Å². The third kappa shape index (κ3) is 3.76. The first-order valence-corrected chi connectivity index (χ1v) is 9.36. The van der Waals surface area contributed by atoms with Crippen molar-refractivity contribution in [2.75, 3.05) is 13.1 Å². The summed E-state index contributed by atoms with van der Waals surface area (Å²) in [5, 5.41) is 9.56. The van der Waals surface area contributed by atoms with Gasteiger partial charge >= 0.3 is 5.97 Å². The minimum absolute atomic E-state index is 0.383. The molecule has 0 atom stereocenters. The molecule has 2 rings (SSSR count). The smallest absolute Gasteiger partial charge is 0.324 e. The van der Waals surface area contributed by atoms with Crippen molar-refractivity contribution in [3.05, 3.63) is 0 Å².